The van der Waals surface area contributed by atoms with Gasteiger partial charge in [-0.3, -0.25) is 0 Å². The van der Waals surface area contributed by atoms with E-state index in [0.717, 1.165) is 44.9 Å². The van der Waals surface area contributed by atoms with Crippen LogP contribution in [0, 0.1) is 0 Å². The van der Waals surface area contributed by atoms with E-state index in [-0.39, 0.29) is 17.8 Å². The number of aliphatic hydroxyl groups excluding tert-OH is 1. The lowest BCUT2D eigenvalue weighted by molar-refractivity contribution is -0.124. The van der Waals surface area contributed by atoms with Crippen LogP contribution in [0.5, 0.6) is 0 Å². The van der Waals surface area contributed by atoms with Crippen molar-refractivity contribution in [1.29, 1.82) is 0 Å². The number of hydrogen-bond acceptors (Lipinski definition) is 2. The summed E-state index contributed by atoms with van der Waals surface area (Å²) in [5, 5.41) is 10.4. The molecule has 0 aromatic heterocycles. The first-order valence-electron chi connectivity index (χ1n) is 20.1. The van der Waals surface area contributed by atoms with Gasteiger partial charge in [-0.05, 0) is 103 Å². The summed E-state index contributed by atoms with van der Waals surface area (Å²) in [4.78, 5) is 0. The molecule has 0 saturated heterocycles. The van der Waals surface area contributed by atoms with Gasteiger partial charge in [-0.15, -0.1) is 0 Å². The Bertz CT molecular complexity index is 684. The quantitative estimate of drug-likeness (QED) is 0.0594. The van der Waals surface area contributed by atoms with E-state index in [1.54, 1.807) is 0 Å². The molecular formula is C43H78O2. The number of allylic oxidation sites excluding steroid dienone is 8. The van der Waals surface area contributed by atoms with Crippen LogP contribution in [0.4, 0.5) is 0 Å². The Hall–Kier alpha value is -1.12. The van der Waals surface area contributed by atoms with Gasteiger partial charge in [-0.25, -0.2) is 0 Å². The standard InChI is InChI=1S/C43H78O2/c1-4-6-8-10-12-14-16-18-20-22-24-26-28-30-32-34-39-43(3,45-42-38-36-37-41(42)44)40-35-33-31-29-27-25-23-21-19-17-15-13-11-9-7-5-2/h12-15,18-21,41-42,44H,4-11,16-17,22-40H2,1-3H3/b14-12-,15-13-,20-18-,21-19-/t41-,42+/m1/s1. The third kappa shape index (κ3) is 26.6. The summed E-state index contributed by atoms with van der Waals surface area (Å²) < 4.78 is 6.68. The molecule has 2 nitrogen and oxygen atoms in total. The lowest BCUT2D eigenvalue weighted by atomic mass is 9.90. The lowest BCUT2D eigenvalue weighted by Gasteiger charge is -2.34. The molecule has 0 aromatic rings. The van der Waals surface area contributed by atoms with Crippen molar-refractivity contribution in [2.45, 2.75) is 225 Å². The van der Waals surface area contributed by atoms with E-state index in [2.05, 4.69) is 69.4 Å². The van der Waals surface area contributed by atoms with Gasteiger partial charge in [-0.2, -0.15) is 0 Å². The highest BCUT2D eigenvalue weighted by atomic mass is 16.5. The fourth-order valence-electron chi connectivity index (χ4n) is 6.63. The van der Waals surface area contributed by atoms with Crippen LogP contribution in [0.2, 0.25) is 0 Å². The van der Waals surface area contributed by atoms with Crippen molar-refractivity contribution < 1.29 is 9.84 Å². The van der Waals surface area contributed by atoms with Crippen LogP contribution < -0.4 is 0 Å². The molecule has 0 aromatic carbocycles. The molecule has 0 unspecified atom stereocenters. The summed E-state index contributed by atoms with van der Waals surface area (Å²) in [5.74, 6) is 0. The van der Waals surface area contributed by atoms with Crippen LogP contribution in [0.3, 0.4) is 0 Å². The van der Waals surface area contributed by atoms with Gasteiger partial charge in [0.25, 0.3) is 0 Å². The summed E-state index contributed by atoms with van der Waals surface area (Å²) in [5.41, 5.74) is -0.0690. The molecule has 262 valence electrons. The predicted molar refractivity (Wildman–Crippen MR) is 201 cm³/mol. The first-order chi connectivity index (χ1) is 22.1. The Morgan fingerprint density at radius 1 is 0.511 bits per heavy atom. The zero-order valence-electron chi connectivity index (χ0n) is 30.6. The van der Waals surface area contributed by atoms with Crippen LogP contribution in [0.1, 0.15) is 207 Å². The van der Waals surface area contributed by atoms with Crippen molar-refractivity contribution in [3.8, 4) is 0 Å². The molecule has 0 amide bonds. The number of rotatable bonds is 32. The Labute approximate surface area is 282 Å². The van der Waals surface area contributed by atoms with Crippen molar-refractivity contribution in [2.24, 2.45) is 0 Å². The number of hydrogen-bond donors (Lipinski definition) is 1. The average Bonchev–Trinajstić information content (AvgIpc) is 3.43. The molecule has 1 N–H and O–H groups in total. The lowest BCUT2D eigenvalue weighted by Crippen LogP contribution is -2.37. The van der Waals surface area contributed by atoms with E-state index in [1.165, 1.54) is 141 Å². The van der Waals surface area contributed by atoms with E-state index < -0.39 is 0 Å². The maximum atomic E-state index is 10.4. The normalized spacial score (nSPS) is 17.8. The third-order valence-corrected chi connectivity index (χ3v) is 9.67. The van der Waals surface area contributed by atoms with Crippen LogP contribution in [-0.4, -0.2) is 22.9 Å². The minimum Gasteiger partial charge on any atom is -0.390 e. The van der Waals surface area contributed by atoms with Gasteiger partial charge in [0.15, 0.2) is 0 Å². The summed E-state index contributed by atoms with van der Waals surface area (Å²) in [6, 6.07) is 0. The van der Waals surface area contributed by atoms with Crippen molar-refractivity contribution >= 4 is 0 Å². The molecule has 2 heteroatoms. The molecule has 45 heavy (non-hydrogen) atoms. The van der Waals surface area contributed by atoms with Crippen LogP contribution in [0.15, 0.2) is 48.6 Å². The second kappa shape index (κ2) is 31.5. The fraction of sp³-hybridized carbons (Fsp3) is 0.814. The molecule has 1 aliphatic rings. The molecule has 2 atom stereocenters. The molecule has 0 heterocycles. The summed E-state index contributed by atoms with van der Waals surface area (Å²) in [6.07, 6.45) is 55.0. The van der Waals surface area contributed by atoms with Gasteiger partial charge in [0.1, 0.15) is 0 Å². The Kier molecular flexibility index (Phi) is 29.3. The predicted octanol–water partition coefficient (Wildman–Crippen LogP) is 14.1. The molecule has 1 aliphatic carbocycles. The number of unbranched alkanes of at least 4 members (excludes halogenated alkanes) is 18. The Balaban J connectivity index is 2.13. The first-order valence-corrected chi connectivity index (χ1v) is 20.1. The van der Waals surface area contributed by atoms with E-state index in [1.807, 2.05) is 0 Å². The van der Waals surface area contributed by atoms with E-state index in [4.69, 9.17) is 4.74 Å². The van der Waals surface area contributed by atoms with Gasteiger partial charge in [0.2, 0.25) is 0 Å². The topological polar surface area (TPSA) is 29.5 Å². The van der Waals surface area contributed by atoms with Crippen molar-refractivity contribution in [1.82, 2.24) is 0 Å². The van der Waals surface area contributed by atoms with Crippen LogP contribution >= 0.6 is 0 Å². The Morgan fingerprint density at radius 2 is 0.889 bits per heavy atom. The Morgan fingerprint density at radius 3 is 1.27 bits per heavy atom. The highest BCUT2D eigenvalue weighted by Crippen LogP contribution is 2.33. The summed E-state index contributed by atoms with van der Waals surface area (Å²) >= 11 is 0. The minimum absolute atomic E-state index is 0.0595. The fourth-order valence-corrected chi connectivity index (χ4v) is 6.63. The van der Waals surface area contributed by atoms with Crippen molar-refractivity contribution in [3.05, 3.63) is 48.6 Å². The molecular weight excluding hydrogens is 548 g/mol. The monoisotopic (exact) mass is 627 g/mol. The van der Waals surface area contributed by atoms with Gasteiger partial charge >= 0.3 is 0 Å². The SMILES string of the molecule is CCCCC/C=C\C/C=C\CCCCCCCCC(C)(CCCCCCCC/C=C\C/C=C\CCCCC)O[C@H]1CCC[C@H]1O. The highest BCUT2D eigenvalue weighted by Gasteiger charge is 2.34. The minimum atomic E-state index is -0.254. The second-order valence-corrected chi connectivity index (χ2v) is 14.3. The van der Waals surface area contributed by atoms with E-state index >= 15 is 0 Å². The molecule has 1 rings (SSSR count). The van der Waals surface area contributed by atoms with Gasteiger partial charge in [0, 0.05) is 0 Å². The smallest absolute Gasteiger partial charge is 0.0841 e. The zero-order valence-corrected chi connectivity index (χ0v) is 30.6. The van der Waals surface area contributed by atoms with E-state index in [9.17, 15) is 5.11 Å². The van der Waals surface area contributed by atoms with Gasteiger partial charge < -0.3 is 9.84 Å². The number of ether oxygens (including phenoxy) is 1. The average molecular weight is 627 g/mol. The zero-order chi connectivity index (χ0) is 32.5. The molecule has 0 aliphatic heterocycles. The molecule has 0 spiro atoms. The summed E-state index contributed by atoms with van der Waals surface area (Å²) in [7, 11) is 0. The van der Waals surface area contributed by atoms with Crippen LogP contribution in [-0.2, 0) is 4.74 Å². The third-order valence-electron chi connectivity index (χ3n) is 9.67. The van der Waals surface area contributed by atoms with E-state index in [0.29, 0.717) is 0 Å². The van der Waals surface area contributed by atoms with Crippen molar-refractivity contribution in [3.63, 3.8) is 0 Å². The maximum Gasteiger partial charge on any atom is 0.0841 e. The van der Waals surface area contributed by atoms with Crippen molar-refractivity contribution in [2.75, 3.05) is 0 Å². The van der Waals surface area contributed by atoms with Gasteiger partial charge in [-0.1, -0.05) is 152 Å². The summed E-state index contributed by atoms with van der Waals surface area (Å²) in [6.45, 7) is 6.88. The first kappa shape index (κ1) is 41.9. The highest BCUT2D eigenvalue weighted by molar-refractivity contribution is 4.93. The molecule has 0 bridgehead atoms. The number of aliphatic hydroxyl groups is 1. The molecule has 1 saturated carbocycles. The van der Waals surface area contributed by atoms with Crippen LogP contribution in [0.25, 0.3) is 0 Å². The largest absolute Gasteiger partial charge is 0.390 e. The second-order valence-electron chi connectivity index (χ2n) is 14.3. The van der Waals surface area contributed by atoms with Gasteiger partial charge in [0.05, 0.1) is 17.8 Å². The maximum absolute atomic E-state index is 10.4. The molecule has 1 fully saturated rings. The molecule has 0 radical (unpaired) electrons.